The minimum atomic E-state index is -0.390. The van der Waals surface area contributed by atoms with Gasteiger partial charge in [0.1, 0.15) is 12.4 Å². The first kappa shape index (κ1) is 13.3. The van der Waals surface area contributed by atoms with Crippen molar-refractivity contribution in [2.75, 3.05) is 7.11 Å². The Hall–Kier alpha value is -1.73. The molecule has 0 fully saturated rings. The molecule has 0 aliphatic heterocycles. The van der Waals surface area contributed by atoms with Gasteiger partial charge in [0.2, 0.25) is 0 Å². The van der Waals surface area contributed by atoms with Gasteiger partial charge in [0, 0.05) is 6.42 Å². The molecular formula is C12H12ClNO3. The molecule has 0 saturated heterocycles. The van der Waals surface area contributed by atoms with Gasteiger partial charge < -0.3 is 9.47 Å². The van der Waals surface area contributed by atoms with Crippen molar-refractivity contribution < 1.29 is 14.3 Å². The Morgan fingerprint density at radius 1 is 1.53 bits per heavy atom. The molecule has 0 atom stereocenters. The number of methoxy groups -OCH3 is 1. The van der Waals surface area contributed by atoms with Crippen LogP contribution in [-0.4, -0.2) is 13.1 Å². The highest BCUT2D eigenvalue weighted by Crippen LogP contribution is 2.25. The molecule has 90 valence electrons. The number of esters is 1. The monoisotopic (exact) mass is 253 g/mol. The fourth-order valence-electron chi connectivity index (χ4n) is 1.19. The Morgan fingerprint density at radius 3 is 2.88 bits per heavy atom. The van der Waals surface area contributed by atoms with Crippen LogP contribution in [0, 0.1) is 11.3 Å². The Morgan fingerprint density at radius 2 is 2.29 bits per heavy atom. The number of halogens is 1. The molecule has 1 aromatic rings. The average Bonchev–Trinajstić information content (AvgIpc) is 2.34. The molecule has 1 aromatic carbocycles. The number of rotatable bonds is 5. The number of nitriles is 1. The molecule has 0 aromatic heterocycles. The zero-order valence-electron chi connectivity index (χ0n) is 9.40. The third-order valence-electron chi connectivity index (χ3n) is 2.06. The summed E-state index contributed by atoms with van der Waals surface area (Å²) in [6, 6.07) is 7.04. The van der Waals surface area contributed by atoms with Gasteiger partial charge in [-0.25, -0.2) is 0 Å². The zero-order valence-corrected chi connectivity index (χ0v) is 10.2. The number of benzene rings is 1. The molecule has 1 rings (SSSR count). The van der Waals surface area contributed by atoms with Gasteiger partial charge in [0.05, 0.1) is 24.6 Å². The van der Waals surface area contributed by atoms with Crippen LogP contribution in [0.5, 0.6) is 5.75 Å². The Kier molecular flexibility index (Phi) is 5.31. The molecule has 0 radical (unpaired) electrons. The number of hydrogen-bond donors (Lipinski definition) is 0. The molecule has 17 heavy (non-hydrogen) atoms. The highest BCUT2D eigenvalue weighted by molar-refractivity contribution is 6.32. The Balaban J connectivity index is 2.50. The number of hydrogen-bond acceptors (Lipinski definition) is 4. The lowest BCUT2D eigenvalue weighted by Crippen LogP contribution is -2.03. The van der Waals surface area contributed by atoms with Gasteiger partial charge in [-0.05, 0) is 17.7 Å². The predicted octanol–water partition coefficient (Wildman–Crippen LogP) is 2.70. The number of nitrogens with zero attached hydrogens (tertiary/aromatic N) is 1. The van der Waals surface area contributed by atoms with E-state index in [1.807, 2.05) is 6.07 Å². The van der Waals surface area contributed by atoms with Crippen LogP contribution in [-0.2, 0) is 16.1 Å². The van der Waals surface area contributed by atoms with Gasteiger partial charge in [-0.15, -0.1) is 0 Å². The third-order valence-corrected chi connectivity index (χ3v) is 2.35. The number of carbonyl (C=O) groups is 1. The molecule has 0 N–H and O–H groups in total. The summed E-state index contributed by atoms with van der Waals surface area (Å²) in [4.78, 5) is 11.2. The van der Waals surface area contributed by atoms with E-state index in [-0.39, 0.29) is 19.4 Å². The minimum absolute atomic E-state index is 0.111. The maximum Gasteiger partial charge on any atom is 0.307 e. The van der Waals surface area contributed by atoms with Gasteiger partial charge in [-0.3, -0.25) is 4.79 Å². The van der Waals surface area contributed by atoms with E-state index < -0.39 is 5.97 Å². The van der Waals surface area contributed by atoms with Crippen LogP contribution in [0.25, 0.3) is 0 Å². The van der Waals surface area contributed by atoms with E-state index in [9.17, 15) is 4.79 Å². The van der Waals surface area contributed by atoms with Crippen LogP contribution in [0.2, 0.25) is 5.02 Å². The fourth-order valence-corrected chi connectivity index (χ4v) is 1.47. The molecule has 5 heteroatoms. The van der Waals surface area contributed by atoms with Crippen LogP contribution in [0.4, 0.5) is 0 Å². The van der Waals surface area contributed by atoms with Crippen molar-refractivity contribution in [2.24, 2.45) is 0 Å². The highest BCUT2D eigenvalue weighted by Gasteiger charge is 2.05. The van der Waals surface area contributed by atoms with E-state index in [0.29, 0.717) is 10.8 Å². The quantitative estimate of drug-likeness (QED) is 0.757. The second kappa shape index (κ2) is 6.77. The average molecular weight is 254 g/mol. The maximum absolute atomic E-state index is 11.2. The molecule has 0 saturated carbocycles. The van der Waals surface area contributed by atoms with Crippen molar-refractivity contribution in [2.45, 2.75) is 19.4 Å². The fraction of sp³-hybridized carbons (Fsp3) is 0.333. The van der Waals surface area contributed by atoms with Crippen molar-refractivity contribution in [1.29, 1.82) is 5.26 Å². The summed E-state index contributed by atoms with van der Waals surface area (Å²) in [6.07, 6.45) is 0.280. The van der Waals surface area contributed by atoms with E-state index in [4.69, 9.17) is 26.3 Å². The van der Waals surface area contributed by atoms with Crippen molar-refractivity contribution in [3.8, 4) is 11.8 Å². The third kappa shape index (κ3) is 4.33. The van der Waals surface area contributed by atoms with Gasteiger partial charge in [0.15, 0.2) is 0 Å². The van der Waals surface area contributed by atoms with Crippen LogP contribution >= 0.6 is 11.6 Å². The normalized spacial score (nSPS) is 9.47. The van der Waals surface area contributed by atoms with E-state index in [1.54, 1.807) is 18.2 Å². The van der Waals surface area contributed by atoms with Gasteiger partial charge >= 0.3 is 5.97 Å². The van der Waals surface area contributed by atoms with Crippen LogP contribution in [0.1, 0.15) is 18.4 Å². The van der Waals surface area contributed by atoms with Crippen molar-refractivity contribution in [3.05, 3.63) is 28.8 Å². The standard InChI is InChI=1S/C12H12ClNO3/c1-16-11-5-4-9(7-10(11)13)8-17-12(15)3-2-6-14/h4-5,7H,2-3,8H2,1H3. The second-order valence-corrected chi connectivity index (χ2v) is 3.69. The molecular weight excluding hydrogens is 242 g/mol. The van der Waals surface area contributed by atoms with Gasteiger partial charge in [0.25, 0.3) is 0 Å². The first-order chi connectivity index (χ1) is 8.17. The minimum Gasteiger partial charge on any atom is -0.495 e. The summed E-state index contributed by atoms with van der Waals surface area (Å²) >= 11 is 5.92. The molecule has 0 heterocycles. The maximum atomic E-state index is 11.2. The summed E-state index contributed by atoms with van der Waals surface area (Å²) in [7, 11) is 1.53. The van der Waals surface area contributed by atoms with E-state index in [2.05, 4.69) is 0 Å². The Bertz CT molecular complexity index is 440. The molecule has 0 bridgehead atoms. The second-order valence-electron chi connectivity index (χ2n) is 3.29. The first-order valence-corrected chi connectivity index (χ1v) is 5.40. The lowest BCUT2D eigenvalue weighted by molar-refractivity contribution is -0.144. The molecule has 0 spiro atoms. The van der Waals surface area contributed by atoms with E-state index in [0.717, 1.165) is 5.56 Å². The van der Waals surface area contributed by atoms with Crippen LogP contribution in [0.3, 0.4) is 0 Å². The summed E-state index contributed by atoms with van der Waals surface area (Å²) in [5.41, 5.74) is 0.779. The van der Waals surface area contributed by atoms with Gasteiger partial charge in [-0.2, -0.15) is 5.26 Å². The zero-order chi connectivity index (χ0) is 12.7. The van der Waals surface area contributed by atoms with Crippen LogP contribution in [0.15, 0.2) is 18.2 Å². The number of carbonyl (C=O) groups excluding carboxylic acids is 1. The van der Waals surface area contributed by atoms with E-state index in [1.165, 1.54) is 7.11 Å². The van der Waals surface area contributed by atoms with Crippen LogP contribution < -0.4 is 4.74 Å². The summed E-state index contributed by atoms with van der Waals surface area (Å²) < 4.78 is 9.97. The highest BCUT2D eigenvalue weighted by atomic mass is 35.5. The summed E-state index contributed by atoms with van der Waals surface area (Å²) in [6.45, 7) is 0.147. The van der Waals surface area contributed by atoms with E-state index >= 15 is 0 Å². The largest absolute Gasteiger partial charge is 0.495 e. The molecule has 4 nitrogen and oxygen atoms in total. The SMILES string of the molecule is COc1ccc(COC(=O)CCC#N)cc1Cl. The number of ether oxygens (including phenoxy) is 2. The van der Waals surface area contributed by atoms with Crippen molar-refractivity contribution in [3.63, 3.8) is 0 Å². The molecule has 0 aliphatic carbocycles. The molecule has 0 amide bonds. The lowest BCUT2D eigenvalue weighted by atomic mass is 10.2. The topological polar surface area (TPSA) is 59.3 Å². The Labute approximate surface area is 105 Å². The smallest absolute Gasteiger partial charge is 0.307 e. The molecule has 0 unspecified atom stereocenters. The summed E-state index contributed by atoms with van der Waals surface area (Å²) in [5.74, 6) is 0.185. The lowest BCUT2D eigenvalue weighted by Gasteiger charge is -2.06. The van der Waals surface area contributed by atoms with Crippen molar-refractivity contribution >= 4 is 17.6 Å². The first-order valence-electron chi connectivity index (χ1n) is 5.02. The van der Waals surface area contributed by atoms with Crippen molar-refractivity contribution in [1.82, 2.24) is 0 Å². The van der Waals surface area contributed by atoms with Gasteiger partial charge in [-0.1, -0.05) is 17.7 Å². The molecule has 0 aliphatic rings. The predicted molar refractivity (Wildman–Crippen MR) is 62.6 cm³/mol. The summed E-state index contributed by atoms with van der Waals surface area (Å²) in [5, 5.41) is 8.78.